The number of aliphatic hydroxyl groups is 3. The van der Waals surface area contributed by atoms with E-state index >= 15 is 0 Å². The Bertz CT molecular complexity index is 1120. The number of fused-ring (bicyclic) bond motifs is 2. The van der Waals surface area contributed by atoms with Crippen LogP contribution in [0.5, 0.6) is 5.75 Å². The molecule has 0 amide bonds. The average Bonchev–Trinajstić information content (AvgIpc) is 3.33. The quantitative estimate of drug-likeness (QED) is 0.528. The molecule has 3 aromatic rings. The fourth-order valence-electron chi connectivity index (χ4n) is 4.26. The maximum atomic E-state index is 10.4. The monoisotopic (exact) mass is 447 g/mol. The first-order valence-electron chi connectivity index (χ1n) is 9.92. The first kappa shape index (κ1) is 20.4. The Kier molecular flexibility index (Phi) is 5.19. The maximum Gasteiger partial charge on any atom is 0.167 e. The smallest absolute Gasteiger partial charge is 0.167 e. The summed E-state index contributed by atoms with van der Waals surface area (Å²) < 4.78 is 12.5. The van der Waals surface area contributed by atoms with Crippen LogP contribution >= 0.6 is 11.6 Å². The zero-order valence-corrected chi connectivity index (χ0v) is 17.5. The molecule has 0 aliphatic carbocycles. The number of nitrogens with zero attached hydrogens (tertiary/aromatic N) is 5. The number of ether oxygens (including phenoxy) is 2. The van der Waals surface area contributed by atoms with Gasteiger partial charge in [0.25, 0.3) is 0 Å². The van der Waals surface area contributed by atoms with Crippen molar-refractivity contribution >= 4 is 28.6 Å². The highest BCUT2D eigenvalue weighted by Gasteiger charge is 2.44. The summed E-state index contributed by atoms with van der Waals surface area (Å²) >= 11 is 6.31. The lowest BCUT2D eigenvalue weighted by atomic mass is 9.99. The zero-order valence-electron chi connectivity index (χ0n) is 16.7. The van der Waals surface area contributed by atoms with E-state index in [0.717, 1.165) is 18.5 Å². The Labute approximate surface area is 182 Å². The van der Waals surface area contributed by atoms with E-state index in [0.29, 0.717) is 34.3 Å². The topological polar surface area (TPSA) is 126 Å². The summed E-state index contributed by atoms with van der Waals surface area (Å²) in [5.74, 6) is 1.32. The molecule has 164 valence electrons. The molecule has 1 aromatic carbocycles. The molecule has 4 heterocycles. The minimum atomic E-state index is -1.22. The first-order valence-corrected chi connectivity index (χ1v) is 10.3. The van der Waals surface area contributed by atoms with E-state index in [1.807, 2.05) is 12.1 Å². The molecule has 0 spiro atoms. The van der Waals surface area contributed by atoms with Gasteiger partial charge in [0.2, 0.25) is 0 Å². The van der Waals surface area contributed by atoms with Gasteiger partial charge in [0.05, 0.1) is 25.1 Å². The summed E-state index contributed by atoms with van der Waals surface area (Å²) in [5.41, 5.74) is 3.30. The molecular weight excluding hydrogens is 426 g/mol. The van der Waals surface area contributed by atoms with Crippen molar-refractivity contribution in [1.82, 2.24) is 19.5 Å². The van der Waals surface area contributed by atoms with E-state index in [4.69, 9.17) is 21.1 Å². The Morgan fingerprint density at radius 2 is 2.03 bits per heavy atom. The number of rotatable bonds is 4. The Morgan fingerprint density at radius 3 is 2.77 bits per heavy atom. The highest BCUT2D eigenvalue weighted by Crippen LogP contribution is 2.35. The number of halogens is 1. The van der Waals surface area contributed by atoms with Crippen LogP contribution < -0.4 is 9.64 Å². The molecule has 2 aliphatic heterocycles. The van der Waals surface area contributed by atoms with Crippen LogP contribution in [0.1, 0.15) is 17.4 Å². The highest BCUT2D eigenvalue weighted by molar-refractivity contribution is 6.32. The third-order valence-corrected chi connectivity index (χ3v) is 6.21. The molecule has 4 atom stereocenters. The Hall–Kier alpha value is -2.50. The van der Waals surface area contributed by atoms with Crippen LogP contribution in [-0.4, -0.2) is 73.4 Å². The largest absolute Gasteiger partial charge is 0.495 e. The summed E-state index contributed by atoms with van der Waals surface area (Å²) in [6.07, 6.45) is -0.464. The van der Waals surface area contributed by atoms with Crippen molar-refractivity contribution in [2.24, 2.45) is 0 Å². The van der Waals surface area contributed by atoms with Crippen LogP contribution in [0.15, 0.2) is 24.8 Å². The lowest BCUT2D eigenvalue weighted by Crippen LogP contribution is -2.33. The number of aromatic nitrogens is 4. The summed E-state index contributed by atoms with van der Waals surface area (Å²) in [6.45, 7) is 0.929. The van der Waals surface area contributed by atoms with Gasteiger partial charge in [-0.25, -0.2) is 15.0 Å². The molecule has 0 bridgehead atoms. The van der Waals surface area contributed by atoms with Gasteiger partial charge in [-0.3, -0.25) is 4.57 Å². The van der Waals surface area contributed by atoms with Gasteiger partial charge in [0.1, 0.15) is 30.4 Å². The molecule has 3 N–H and O–H groups in total. The number of methoxy groups -OCH3 is 1. The SMILES string of the molecule is COc1cc2c(cc1Cl)CN(c1ncnc3c1ncn3[C@@H]1O[C@H](CO)[C@@H](O)[C@H]1O)CC2. The second-order valence-corrected chi connectivity index (χ2v) is 8.08. The van der Waals surface area contributed by atoms with Crippen molar-refractivity contribution in [3.8, 4) is 5.75 Å². The van der Waals surface area contributed by atoms with Crippen LogP contribution in [0.25, 0.3) is 11.2 Å². The van der Waals surface area contributed by atoms with E-state index in [1.165, 1.54) is 18.2 Å². The molecular formula is C20H22ClN5O5. The van der Waals surface area contributed by atoms with Crippen molar-refractivity contribution in [1.29, 1.82) is 0 Å². The van der Waals surface area contributed by atoms with Crippen LogP contribution in [0, 0.1) is 0 Å². The molecule has 11 heteroatoms. The van der Waals surface area contributed by atoms with Gasteiger partial charge in [-0.15, -0.1) is 0 Å². The number of benzene rings is 1. The molecule has 1 saturated heterocycles. The molecule has 1 fully saturated rings. The molecule has 5 rings (SSSR count). The van der Waals surface area contributed by atoms with Crippen molar-refractivity contribution in [2.45, 2.75) is 37.5 Å². The number of hydrogen-bond donors (Lipinski definition) is 3. The third-order valence-electron chi connectivity index (χ3n) is 5.92. The summed E-state index contributed by atoms with van der Waals surface area (Å²) in [7, 11) is 1.60. The number of hydrogen-bond acceptors (Lipinski definition) is 9. The fraction of sp³-hybridized carbons (Fsp3) is 0.450. The second kappa shape index (κ2) is 7.88. The lowest BCUT2D eigenvalue weighted by Gasteiger charge is -2.30. The molecule has 31 heavy (non-hydrogen) atoms. The van der Waals surface area contributed by atoms with E-state index < -0.39 is 31.1 Å². The number of aliphatic hydroxyl groups excluding tert-OH is 3. The van der Waals surface area contributed by atoms with Crippen LogP contribution in [-0.2, 0) is 17.7 Å². The molecule has 0 unspecified atom stereocenters. The molecule has 2 aromatic heterocycles. The third kappa shape index (κ3) is 3.31. The van der Waals surface area contributed by atoms with Crippen molar-refractivity contribution < 1.29 is 24.8 Å². The number of anilines is 1. The summed E-state index contributed by atoms with van der Waals surface area (Å²) in [6, 6.07) is 3.89. The van der Waals surface area contributed by atoms with E-state index in [9.17, 15) is 15.3 Å². The van der Waals surface area contributed by atoms with Gasteiger partial charge >= 0.3 is 0 Å². The van der Waals surface area contributed by atoms with E-state index in [-0.39, 0.29) is 0 Å². The number of imidazole rings is 1. The second-order valence-electron chi connectivity index (χ2n) is 7.68. The summed E-state index contributed by atoms with van der Waals surface area (Å²) in [4.78, 5) is 15.3. The molecule has 0 radical (unpaired) electrons. The minimum absolute atomic E-state index is 0.401. The van der Waals surface area contributed by atoms with Crippen LogP contribution in [0.3, 0.4) is 0 Å². The Morgan fingerprint density at radius 1 is 1.19 bits per heavy atom. The predicted molar refractivity (Wildman–Crippen MR) is 111 cm³/mol. The van der Waals surface area contributed by atoms with Crippen LogP contribution in [0.2, 0.25) is 5.02 Å². The normalized spacial score (nSPS) is 25.8. The average molecular weight is 448 g/mol. The van der Waals surface area contributed by atoms with Gasteiger partial charge in [-0.05, 0) is 29.7 Å². The predicted octanol–water partition coefficient (Wildman–Crippen LogP) is 0.662. The molecule has 2 aliphatic rings. The van der Waals surface area contributed by atoms with E-state index in [2.05, 4.69) is 19.9 Å². The summed E-state index contributed by atoms with van der Waals surface area (Å²) in [5, 5.41) is 30.4. The Balaban J connectivity index is 1.48. The van der Waals surface area contributed by atoms with Gasteiger partial charge in [-0.1, -0.05) is 11.6 Å². The van der Waals surface area contributed by atoms with Gasteiger partial charge in [0, 0.05) is 13.1 Å². The maximum absolute atomic E-state index is 10.4. The van der Waals surface area contributed by atoms with Crippen molar-refractivity contribution in [3.05, 3.63) is 40.9 Å². The van der Waals surface area contributed by atoms with E-state index in [1.54, 1.807) is 11.7 Å². The minimum Gasteiger partial charge on any atom is -0.495 e. The lowest BCUT2D eigenvalue weighted by molar-refractivity contribution is -0.0511. The van der Waals surface area contributed by atoms with Gasteiger partial charge in [0.15, 0.2) is 23.2 Å². The standard InChI is InChI=1S/C20H22ClN5O5/c1-30-13-5-10-2-3-25(6-11(10)4-12(13)21)18-15-19(23-8-22-18)26(9-24-15)20-17(29)16(28)14(7-27)31-20/h4-5,8-9,14,16-17,20,27-29H,2-3,6-7H2,1H3/t14-,16-,17-,20-/m1/s1. The van der Waals surface area contributed by atoms with Gasteiger partial charge in [-0.2, -0.15) is 0 Å². The van der Waals surface area contributed by atoms with Crippen LogP contribution in [0.4, 0.5) is 5.82 Å². The van der Waals surface area contributed by atoms with Crippen molar-refractivity contribution in [3.63, 3.8) is 0 Å². The first-order chi connectivity index (χ1) is 15.0. The van der Waals surface area contributed by atoms with Gasteiger partial charge < -0.3 is 29.7 Å². The molecule has 0 saturated carbocycles. The fourth-order valence-corrected chi connectivity index (χ4v) is 4.52. The molecule has 10 nitrogen and oxygen atoms in total. The highest BCUT2D eigenvalue weighted by atomic mass is 35.5. The van der Waals surface area contributed by atoms with Crippen molar-refractivity contribution in [2.75, 3.05) is 25.2 Å². The zero-order chi connectivity index (χ0) is 21.7.